The standard InChI is InChI=1S/C22H24N4O.HI/c1-16-11-17(2)13-20(12-16)25-22(23)24-14-18-6-8-19(9-7-18)15-26-10-4-3-5-21(26)27;/h3-13H,14-15H2,1-2H3,(H3,23,24,25);1H. The van der Waals surface area contributed by atoms with Gasteiger partial charge >= 0.3 is 0 Å². The minimum atomic E-state index is -0.00332. The Morgan fingerprint density at radius 3 is 2.29 bits per heavy atom. The van der Waals surface area contributed by atoms with Gasteiger partial charge in [-0.15, -0.1) is 24.0 Å². The Bertz CT molecular complexity index is 989. The maximum absolute atomic E-state index is 11.8. The van der Waals surface area contributed by atoms with Crippen molar-refractivity contribution in [2.45, 2.75) is 26.9 Å². The molecular formula is C22H25IN4O. The number of hydrogen-bond acceptors (Lipinski definition) is 2. The van der Waals surface area contributed by atoms with Gasteiger partial charge in [-0.05, 0) is 54.3 Å². The summed E-state index contributed by atoms with van der Waals surface area (Å²) in [6.07, 6.45) is 1.79. The monoisotopic (exact) mass is 488 g/mol. The Morgan fingerprint density at radius 1 is 1.00 bits per heavy atom. The van der Waals surface area contributed by atoms with E-state index in [4.69, 9.17) is 5.73 Å². The first kappa shape index (κ1) is 21.7. The second kappa shape index (κ2) is 10.1. The number of nitrogens with zero attached hydrogens (tertiary/aromatic N) is 2. The second-order valence-corrected chi connectivity index (χ2v) is 6.69. The van der Waals surface area contributed by atoms with Crippen molar-refractivity contribution in [2.24, 2.45) is 10.7 Å². The van der Waals surface area contributed by atoms with Crippen molar-refractivity contribution in [3.05, 3.63) is 99.5 Å². The van der Waals surface area contributed by atoms with Crippen LogP contribution in [0.25, 0.3) is 0 Å². The molecule has 0 saturated carbocycles. The summed E-state index contributed by atoms with van der Waals surface area (Å²) in [4.78, 5) is 16.2. The van der Waals surface area contributed by atoms with E-state index in [0.29, 0.717) is 19.0 Å². The van der Waals surface area contributed by atoms with Crippen molar-refractivity contribution < 1.29 is 0 Å². The molecule has 0 aliphatic heterocycles. The number of halogens is 1. The normalized spacial score (nSPS) is 11.0. The summed E-state index contributed by atoms with van der Waals surface area (Å²) in [6, 6.07) is 19.4. The minimum absolute atomic E-state index is 0. The average Bonchev–Trinajstić information content (AvgIpc) is 2.62. The molecule has 0 unspecified atom stereocenters. The van der Waals surface area contributed by atoms with E-state index in [-0.39, 0.29) is 29.5 Å². The lowest BCUT2D eigenvalue weighted by Crippen LogP contribution is -2.22. The topological polar surface area (TPSA) is 72.4 Å². The zero-order valence-corrected chi connectivity index (χ0v) is 18.4. The highest BCUT2D eigenvalue weighted by molar-refractivity contribution is 14.0. The lowest BCUT2D eigenvalue weighted by molar-refractivity contribution is 0.759. The maximum atomic E-state index is 11.8. The van der Waals surface area contributed by atoms with Crippen LogP contribution < -0.4 is 16.6 Å². The SMILES string of the molecule is Cc1cc(C)cc(NC(N)=NCc2ccc(Cn3ccccc3=O)cc2)c1.I. The molecule has 6 heteroatoms. The summed E-state index contributed by atoms with van der Waals surface area (Å²) < 4.78 is 1.68. The molecule has 0 bridgehead atoms. The zero-order chi connectivity index (χ0) is 19.2. The van der Waals surface area contributed by atoms with E-state index in [1.54, 1.807) is 22.9 Å². The predicted octanol–water partition coefficient (Wildman–Crippen LogP) is 4.06. The summed E-state index contributed by atoms with van der Waals surface area (Å²) >= 11 is 0. The van der Waals surface area contributed by atoms with E-state index < -0.39 is 0 Å². The van der Waals surface area contributed by atoms with Gasteiger partial charge < -0.3 is 15.6 Å². The van der Waals surface area contributed by atoms with Crippen LogP contribution in [0.15, 0.2) is 76.6 Å². The molecule has 0 aliphatic rings. The first-order valence-electron chi connectivity index (χ1n) is 8.88. The fourth-order valence-electron chi connectivity index (χ4n) is 2.95. The Balaban J connectivity index is 0.00000280. The molecule has 1 aromatic heterocycles. The number of nitrogens with one attached hydrogen (secondary N) is 1. The Kier molecular flexibility index (Phi) is 7.80. The van der Waals surface area contributed by atoms with Crippen LogP contribution in [0.5, 0.6) is 0 Å². The molecule has 0 aliphatic carbocycles. The molecule has 3 rings (SSSR count). The molecule has 0 saturated heterocycles. The molecule has 3 aromatic rings. The molecule has 0 spiro atoms. The molecule has 0 fully saturated rings. The van der Waals surface area contributed by atoms with E-state index in [0.717, 1.165) is 16.8 Å². The van der Waals surface area contributed by atoms with Gasteiger partial charge in [0, 0.05) is 18.0 Å². The number of aryl methyl sites for hydroxylation is 2. The predicted molar refractivity (Wildman–Crippen MR) is 127 cm³/mol. The van der Waals surface area contributed by atoms with Gasteiger partial charge in [0.1, 0.15) is 0 Å². The average molecular weight is 488 g/mol. The highest BCUT2D eigenvalue weighted by atomic mass is 127. The molecule has 0 atom stereocenters. The van der Waals surface area contributed by atoms with Crippen molar-refractivity contribution in [3.8, 4) is 0 Å². The van der Waals surface area contributed by atoms with Gasteiger partial charge in [-0.3, -0.25) is 4.79 Å². The van der Waals surface area contributed by atoms with E-state index >= 15 is 0 Å². The summed E-state index contributed by atoms with van der Waals surface area (Å²) in [5.41, 5.74) is 11.4. The zero-order valence-electron chi connectivity index (χ0n) is 16.1. The Hall–Kier alpha value is -2.61. The summed E-state index contributed by atoms with van der Waals surface area (Å²) in [5, 5.41) is 3.13. The van der Waals surface area contributed by atoms with Gasteiger partial charge in [0.05, 0.1) is 13.1 Å². The summed E-state index contributed by atoms with van der Waals surface area (Å²) in [6.45, 7) is 5.15. The van der Waals surface area contributed by atoms with Gasteiger partial charge in [0.2, 0.25) is 0 Å². The third-order valence-corrected chi connectivity index (χ3v) is 4.20. The van der Waals surface area contributed by atoms with Gasteiger partial charge in [-0.2, -0.15) is 0 Å². The Morgan fingerprint density at radius 2 is 1.64 bits per heavy atom. The number of benzene rings is 2. The van der Waals surface area contributed by atoms with Crippen LogP contribution in [-0.2, 0) is 13.1 Å². The van der Waals surface area contributed by atoms with Gasteiger partial charge in [0.25, 0.3) is 5.56 Å². The molecule has 0 amide bonds. The lowest BCUT2D eigenvalue weighted by Gasteiger charge is -2.08. The fraction of sp³-hybridized carbons (Fsp3) is 0.182. The maximum Gasteiger partial charge on any atom is 0.250 e. The number of nitrogens with two attached hydrogens (primary N) is 1. The van der Waals surface area contributed by atoms with Crippen LogP contribution in [0.4, 0.5) is 5.69 Å². The molecule has 5 nitrogen and oxygen atoms in total. The Labute approximate surface area is 182 Å². The first-order chi connectivity index (χ1) is 13.0. The molecule has 2 aromatic carbocycles. The van der Waals surface area contributed by atoms with E-state index in [1.807, 2.05) is 42.5 Å². The molecular weight excluding hydrogens is 463 g/mol. The van der Waals surface area contributed by atoms with Crippen molar-refractivity contribution in [3.63, 3.8) is 0 Å². The van der Waals surface area contributed by atoms with Crippen LogP contribution >= 0.6 is 24.0 Å². The summed E-state index contributed by atoms with van der Waals surface area (Å²) in [5.74, 6) is 0.389. The van der Waals surface area contributed by atoms with E-state index in [9.17, 15) is 4.79 Å². The lowest BCUT2D eigenvalue weighted by atomic mass is 10.1. The highest BCUT2D eigenvalue weighted by Crippen LogP contribution is 2.13. The summed E-state index contributed by atoms with van der Waals surface area (Å²) in [7, 11) is 0. The smallest absolute Gasteiger partial charge is 0.250 e. The number of aromatic nitrogens is 1. The number of aliphatic imine (C=N–C) groups is 1. The molecule has 146 valence electrons. The van der Waals surface area contributed by atoms with Crippen LogP contribution in [0.2, 0.25) is 0 Å². The second-order valence-electron chi connectivity index (χ2n) is 6.69. The van der Waals surface area contributed by atoms with Crippen molar-refractivity contribution in [1.29, 1.82) is 0 Å². The van der Waals surface area contributed by atoms with Gasteiger partial charge in [0.15, 0.2) is 5.96 Å². The largest absolute Gasteiger partial charge is 0.370 e. The van der Waals surface area contributed by atoms with Crippen LogP contribution in [0.1, 0.15) is 22.3 Å². The van der Waals surface area contributed by atoms with E-state index in [1.165, 1.54) is 11.1 Å². The number of hydrogen-bond donors (Lipinski definition) is 2. The molecule has 0 radical (unpaired) electrons. The van der Waals surface area contributed by atoms with Gasteiger partial charge in [-0.1, -0.05) is 36.4 Å². The third kappa shape index (κ3) is 6.23. The molecule has 28 heavy (non-hydrogen) atoms. The van der Waals surface area contributed by atoms with Crippen LogP contribution in [0.3, 0.4) is 0 Å². The number of pyridine rings is 1. The minimum Gasteiger partial charge on any atom is -0.370 e. The first-order valence-corrected chi connectivity index (χ1v) is 8.88. The quantitative estimate of drug-likeness (QED) is 0.323. The van der Waals surface area contributed by atoms with Crippen molar-refractivity contribution in [1.82, 2.24) is 4.57 Å². The van der Waals surface area contributed by atoms with Crippen molar-refractivity contribution >= 4 is 35.6 Å². The number of rotatable bonds is 5. The molecule has 3 N–H and O–H groups in total. The highest BCUT2D eigenvalue weighted by Gasteiger charge is 2.00. The fourth-order valence-corrected chi connectivity index (χ4v) is 2.95. The third-order valence-electron chi connectivity index (χ3n) is 4.20. The van der Waals surface area contributed by atoms with Gasteiger partial charge in [-0.25, -0.2) is 4.99 Å². The van der Waals surface area contributed by atoms with Crippen LogP contribution in [0, 0.1) is 13.8 Å². The van der Waals surface area contributed by atoms with Crippen LogP contribution in [-0.4, -0.2) is 10.5 Å². The molecule has 1 heterocycles. The number of guanidine groups is 1. The van der Waals surface area contributed by atoms with Crippen molar-refractivity contribution in [2.75, 3.05) is 5.32 Å². The van der Waals surface area contributed by atoms with E-state index in [2.05, 4.69) is 30.2 Å². The number of anilines is 1.